The molecule has 0 saturated carbocycles. The molecule has 3 heteroatoms. The van der Waals surface area contributed by atoms with Crippen molar-refractivity contribution >= 4 is 17.4 Å². The predicted octanol–water partition coefficient (Wildman–Crippen LogP) is 6.17. The van der Waals surface area contributed by atoms with E-state index in [0.29, 0.717) is 6.61 Å². The van der Waals surface area contributed by atoms with Gasteiger partial charge in [0.15, 0.2) is 0 Å². The lowest BCUT2D eigenvalue weighted by Crippen LogP contribution is -2.29. The second kappa shape index (κ2) is 9.05. The molecule has 0 aromatic heterocycles. The summed E-state index contributed by atoms with van der Waals surface area (Å²) < 4.78 is 6.08. The molecule has 2 aromatic rings. The van der Waals surface area contributed by atoms with Crippen LogP contribution in [0, 0.1) is 6.92 Å². The van der Waals surface area contributed by atoms with E-state index >= 15 is 0 Å². The minimum Gasteiger partial charge on any atom is -0.489 e. The van der Waals surface area contributed by atoms with E-state index in [1.807, 2.05) is 0 Å². The number of aryl methyl sites for hydroxylation is 1. The first-order valence-electron chi connectivity index (χ1n) is 10.4. The van der Waals surface area contributed by atoms with Gasteiger partial charge in [-0.25, -0.2) is 0 Å². The SMILES string of the molecule is Cc1cc(OCc2ccc(N3CCCCC3)cc2)ccc1C1CCSCC1. The van der Waals surface area contributed by atoms with Gasteiger partial charge in [0.25, 0.3) is 0 Å². The van der Waals surface area contributed by atoms with Crippen molar-refractivity contribution < 1.29 is 4.74 Å². The van der Waals surface area contributed by atoms with Crippen LogP contribution in [-0.2, 0) is 6.61 Å². The van der Waals surface area contributed by atoms with Gasteiger partial charge in [-0.2, -0.15) is 11.8 Å². The van der Waals surface area contributed by atoms with E-state index < -0.39 is 0 Å². The summed E-state index contributed by atoms with van der Waals surface area (Å²) >= 11 is 2.09. The van der Waals surface area contributed by atoms with Crippen LogP contribution >= 0.6 is 11.8 Å². The lowest BCUT2D eigenvalue weighted by atomic mass is 9.90. The van der Waals surface area contributed by atoms with Crippen LogP contribution in [0.1, 0.15) is 54.7 Å². The van der Waals surface area contributed by atoms with Gasteiger partial charge < -0.3 is 9.64 Å². The van der Waals surface area contributed by atoms with Gasteiger partial charge in [-0.1, -0.05) is 18.2 Å². The summed E-state index contributed by atoms with van der Waals surface area (Å²) in [5.74, 6) is 4.33. The fourth-order valence-corrected chi connectivity index (χ4v) is 5.43. The Morgan fingerprint density at radius 1 is 0.963 bits per heavy atom. The highest BCUT2D eigenvalue weighted by molar-refractivity contribution is 7.99. The monoisotopic (exact) mass is 381 g/mol. The number of anilines is 1. The number of thioether (sulfide) groups is 1. The second-order valence-corrected chi connectivity index (χ2v) is 9.13. The van der Waals surface area contributed by atoms with Crippen molar-refractivity contribution in [1.82, 2.24) is 0 Å². The summed E-state index contributed by atoms with van der Waals surface area (Å²) in [5, 5.41) is 0. The Balaban J connectivity index is 1.34. The zero-order valence-corrected chi connectivity index (χ0v) is 17.3. The number of nitrogens with zero attached hydrogens (tertiary/aromatic N) is 1. The minimum atomic E-state index is 0.638. The summed E-state index contributed by atoms with van der Waals surface area (Å²) in [6.45, 7) is 5.26. The largest absolute Gasteiger partial charge is 0.489 e. The molecule has 0 atom stereocenters. The fraction of sp³-hybridized carbons (Fsp3) is 0.500. The molecule has 0 N–H and O–H groups in total. The summed E-state index contributed by atoms with van der Waals surface area (Å²) in [5.41, 5.74) is 5.49. The van der Waals surface area contributed by atoms with Gasteiger partial charge in [-0.05, 0) is 97.4 Å². The molecule has 4 rings (SSSR count). The lowest BCUT2D eigenvalue weighted by molar-refractivity contribution is 0.306. The quantitative estimate of drug-likeness (QED) is 0.614. The molecule has 2 aliphatic rings. The number of piperidine rings is 1. The summed E-state index contributed by atoms with van der Waals surface area (Å²) in [4.78, 5) is 2.50. The van der Waals surface area contributed by atoms with Crippen LogP contribution in [0.2, 0.25) is 0 Å². The lowest BCUT2D eigenvalue weighted by Gasteiger charge is -2.28. The summed E-state index contributed by atoms with van der Waals surface area (Å²) in [6.07, 6.45) is 6.64. The Kier molecular flexibility index (Phi) is 6.28. The number of hydrogen-bond donors (Lipinski definition) is 0. The van der Waals surface area contributed by atoms with Crippen LogP contribution in [0.4, 0.5) is 5.69 Å². The van der Waals surface area contributed by atoms with Crippen LogP contribution in [0.5, 0.6) is 5.75 Å². The Morgan fingerprint density at radius 2 is 1.70 bits per heavy atom. The third kappa shape index (κ3) is 4.82. The topological polar surface area (TPSA) is 12.5 Å². The van der Waals surface area contributed by atoms with Gasteiger partial charge in [-0.3, -0.25) is 0 Å². The Labute approximate surface area is 168 Å². The highest BCUT2D eigenvalue weighted by Gasteiger charge is 2.17. The van der Waals surface area contributed by atoms with Gasteiger partial charge in [0, 0.05) is 18.8 Å². The van der Waals surface area contributed by atoms with Crippen LogP contribution in [0.3, 0.4) is 0 Å². The molecule has 2 saturated heterocycles. The van der Waals surface area contributed by atoms with Gasteiger partial charge in [0.2, 0.25) is 0 Å². The number of hydrogen-bond acceptors (Lipinski definition) is 3. The molecule has 0 bridgehead atoms. The number of ether oxygens (including phenoxy) is 1. The summed E-state index contributed by atoms with van der Waals surface area (Å²) in [6, 6.07) is 15.6. The number of rotatable bonds is 5. The maximum absolute atomic E-state index is 6.08. The van der Waals surface area contributed by atoms with Crippen LogP contribution < -0.4 is 9.64 Å². The molecular weight excluding hydrogens is 350 g/mol. The molecule has 144 valence electrons. The third-order valence-corrected chi connectivity index (χ3v) is 7.01. The van der Waals surface area contributed by atoms with E-state index in [0.717, 1.165) is 11.7 Å². The average Bonchev–Trinajstić information content (AvgIpc) is 2.74. The molecule has 0 unspecified atom stereocenters. The van der Waals surface area contributed by atoms with E-state index in [1.165, 1.54) is 79.1 Å². The van der Waals surface area contributed by atoms with Crippen molar-refractivity contribution in [3.05, 3.63) is 59.2 Å². The Bertz CT molecular complexity index is 731. The normalized spacial score (nSPS) is 18.5. The molecule has 0 amide bonds. The van der Waals surface area contributed by atoms with E-state index in [9.17, 15) is 0 Å². The first kappa shape index (κ1) is 18.7. The van der Waals surface area contributed by atoms with Gasteiger partial charge in [0.05, 0.1) is 0 Å². The van der Waals surface area contributed by atoms with Crippen molar-refractivity contribution in [2.75, 3.05) is 29.5 Å². The predicted molar refractivity (Wildman–Crippen MR) is 117 cm³/mol. The molecule has 2 heterocycles. The second-order valence-electron chi connectivity index (χ2n) is 7.91. The standard InChI is InChI=1S/C24H31NOS/c1-19-17-23(9-10-24(19)21-11-15-27-16-12-21)26-18-20-5-7-22(8-6-20)25-13-3-2-4-14-25/h5-10,17,21H,2-4,11-16,18H2,1H3. The van der Waals surface area contributed by atoms with Crippen LogP contribution in [0.25, 0.3) is 0 Å². The highest BCUT2D eigenvalue weighted by atomic mass is 32.2. The van der Waals surface area contributed by atoms with Crippen molar-refractivity contribution in [2.24, 2.45) is 0 Å². The minimum absolute atomic E-state index is 0.638. The van der Waals surface area contributed by atoms with E-state index in [1.54, 1.807) is 0 Å². The van der Waals surface area contributed by atoms with Crippen molar-refractivity contribution in [3.8, 4) is 5.75 Å². The molecule has 2 aliphatic heterocycles. The zero-order valence-electron chi connectivity index (χ0n) is 16.5. The first-order valence-corrected chi connectivity index (χ1v) is 11.6. The summed E-state index contributed by atoms with van der Waals surface area (Å²) in [7, 11) is 0. The smallest absolute Gasteiger partial charge is 0.120 e. The zero-order chi connectivity index (χ0) is 18.5. The third-order valence-electron chi connectivity index (χ3n) is 5.97. The fourth-order valence-electron chi connectivity index (χ4n) is 4.33. The molecule has 0 aliphatic carbocycles. The van der Waals surface area contributed by atoms with Crippen molar-refractivity contribution in [2.45, 2.75) is 51.6 Å². The maximum Gasteiger partial charge on any atom is 0.120 e. The maximum atomic E-state index is 6.08. The van der Waals surface area contributed by atoms with Crippen molar-refractivity contribution in [3.63, 3.8) is 0 Å². The van der Waals surface area contributed by atoms with Gasteiger partial charge >= 0.3 is 0 Å². The average molecular weight is 382 g/mol. The highest BCUT2D eigenvalue weighted by Crippen LogP contribution is 2.34. The van der Waals surface area contributed by atoms with Gasteiger partial charge in [-0.15, -0.1) is 0 Å². The number of benzene rings is 2. The van der Waals surface area contributed by atoms with E-state index in [2.05, 4.69) is 66.1 Å². The van der Waals surface area contributed by atoms with Gasteiger partial charge in [0.1, 0.15) is 12.4 Å². The molecule has 0 radical (unpaired) electrons. The molecular formula is C24H31NOS. The molecule has 27 heavy (non-hydrogen) atoms. The van der Waals surface area contributed by atoms with E-state index in [-0.39, 0.29) is 0 Å². The molecule has 2 nitrogen and oxygen atoms in total. The van der Waals surface area contributed by atoms with Crippen LogP contribution in [-0.4, -0.2) is 24.6 Å². The van der Waals surface area contributed by atoms with E-state index in [4.69, 9.17) is 4.74 Å². The van der Waals surface area contributed by atoms with Crippen LogP contribution in [0.15, 0.2) is 42.5 Å². The first-order chi connectivity index (χ1) is 13.3. The molecule has 2 aromatic carbocycles. The molecule has 0 spiro atoms. The Hall–Kier alpha value is -1.61. The van der Waals surface area contributed by atoms with Crippen molar-refractivity contribution in [1.29, 1.82) is 0 Å². The molecule has 2 fully saturated rings. The Morgan fingerprint density at radius 3 is 2.41 bits per heavy atom.